The van der Waals surface area contributed by atoms with Crippen molar-refractivity contribution in [2.24, 2.45) is 0 Å². The lowest BCUT2D eigenvalue weighted by Crippen LogP contribution is -2.55. The Kier molecular flexibility index (Phi) is 4.25. The molecule has 0 fully saturated rings. The third kappa shape index (κ3) is 2.99. The number of rotatable bonds is 2. The molecule has 36 heavy (non-hydrogen) atoms. The van der Waals surface area contributed by atoms with Crippen LogP contribution in [-0.2, 0) is 0 Å². The van der Waals surface area contributed by atoms with Crippen molar-refractivity contribution in [3.8, 4) is 11.5 Å². The number of benzene rings is 5. The zero-order chi connectivity index (χ0) is 23.6. The zero-order valence-corrected chi connectivity index (χ0v) is 20.0. The molecule has 0 saturated carbocycles. The minimum absolute atomic E-state index is 0.205. The van der Waals surface area contributed by atoms with Crippen LogP contribution in [0.1, 0.15) is 0 Å². The van der Waals surface area contributed by atoms with E-state index in [1.54, 1.807) is 0 Å². The first-order valence-corrected chi connectivity index (χ1v) is 12.8. The van der Waals surface area contributed by atoms with E-state index in [9.17, 15) is 0 Å². The van der Waals surface area contributed by atoms with E-state index in [-0.39, 0.29) is 6.71 Å². The number of fused-ring (bicyclic) bond motifs is 6. The lowest BCUT2D eigenvalue weighted by Gasteiger charge is -2.26. The Morgan fingerprint density at radius 2 is 1.28 bits per heavy atom. The Hall–Kier alpha value is -4.22. The number of hydrogen-bond acceptors (Lipinski definition) is 4. The number of nitrogens with zero attached hydrogens (tertiary/aromatic N) is 1. The van der Waals surface area contributed by atoms with Crippen LogP contribution in [-0.4, -0.2) is 11.7 Å². The van der Waals surface area contributed by atoms with E-state index in [0.717, 1.165) is 38.6 Å². The normalized spacial score (nSPS) is 12.8. The number of aromatic nitrogens is 1. The second-order valence-electron chi connectivity index (χ2n) is 9.17. The molecule has 0 spiro atoms. The van der Waals surface area contributed by atoms with Crippen LogP contribution < -0.4 is 16.4 Å². The maximum Gasteiger partial charge on any atom is 0.244 e. The Labute approximate surface area is 211 Å². The van der Waals surface area contributed by atoms with Gasteiger partial charge >= 0.3 is 0 Å². The van der Waals surface area contributed by atoms with Crippen LogP contribution in [0.3, 0.4) is 0 Å². The predicted molar refractivity (Wildman–Crippen MR) is 148 cm³/mol. The van der Waals surface area contributed by atoms with Crippen molar-refractivity contribution >= 4 is 67.9 Å². The van der Waals surface area contributed by atoms with Gasteiger partial charge in [-0.05, 0) is 24.3 Å². The lowest BCUT2D eigenvalue weighted by atomic mass is 9.36. The van der Waals surface area contributed by atoms with Crippen LogP contribution in [0.4, 0.5) is 0 Å². The molecule has 0 aliphatic carbocycles. The van der Waals surface area contributed by atoms with Crippen molar-refractivity contribution < 1.29 is 8.83 Å². The van der Waals surface area contributed by atoms with Crippen LogP contribution in [0.25, 0.3) is 44.5 Å². The van der Waals surface area contributed by atoms with Crippen molar-refractivity contribution in [2.45, 2.75) is 9.79 Å². The van der Waals surface area contributed by atoms with Crippen molar-refractivity contribution in [1.82, 2.24) is 4.98 Å². The summed E-state index contributed by atoms with van der Waals surface area (Å²) in [6, 6.07) is 38.1. The largest absolute Gasteiger partial charge is 0.456 e. The van der Waals surface area contributed by atoms with Gasteiger partial charge in [-0.25, -0.2) is 4.98 Å². The molecule has 1 aliphatic rings. The van der Waals surface area contributed by atoms with Gasteiger partial charge in [0.2, 0.25) is 12.6 Å². The smallest absolute Gasteiger partial charge is 0.244 e. The zero-order valence-electron chi connectivity index (χ0n) is 19.1. The second kappa shape index (κ2) is 7.64. The molecule has 2 aromatic heterocycles. The average Bonchev–Trinajstić information content (AvgIpc) is 3.51. The van der Waals surface area contributed by atoms with Crippen molar-refractivity contribution in [1.29, 1.82) is 0 Å². The maximum absolute atomic E-state index is 6.22. The molecule has 7 aromatic rings. The molecule has 5 heteroatoms. The maximum atomic E-state index is 6.22. The molecular weight excluding hydrogens is 461 g/mol. The van der Waals surface area contributed by atoms with Gasteiger partial charge in [-0.15, -0.1) is 0 Å². The van der Waals surface area contributed by atoms with Gasteiger partial charge in [0.15, 0.2) is 5.58 Å². The summed E-state index contributed by atoms with van der Waals surface area (Å²) >= 11 is 1.85. The Bertz CT molecular complexity index is 1890. The van der Waals surface area contributed by atoms with Gasteiger partial charge in [-0.2, -0.15) is 0 Å². The summed E-state index contributed by atoms with van der Waals surface area (Å²) in [6.07, 6.45) is 0. The van der Waals surface area contributed by atoms with Crippen molar-refractivity contribution in [2.75, 3.05) is 0 Å². The van der Waals surface area contributed by atoms with E-state index in [4.69, 9.17) is 13.8 Å². The van der Waals surface area contributed by atoms with E-state index in [0.29, 0.717) is 5.89 Å². The molecule has 0 N–H and O–H groups in total. The molecule has 0 saturated heterocycles. The van der Waals surface area contributed by atoms with E-state index in [1.165, 1.54) is 26.2 Å². The van der Waals surface area contributed by atoms with Crippen LogP contribution in [0.2, 0.25) is 0 Å². The molecule has 0 amide bonds. The van der Waals surface area contributed by atoms with Crippen LogP contribution >= 0.6 is 11.8 Å². The summed E-state index contributed by atoms with van der Waals surface area (Å²) in [7, 11) is 0. The number of hydrogen-bond donors (Lipinski definition) is 0. The first kappa shape index (κ1) is 20.0. The SMILES string of the molecule is c1ccc2c(c1)Sc1ccccc1B2c1ccc(-c2nc3cc4oc5ccccc5c4cc3o2)cc1. The minimum Gasteiger partial charge on any atom is -0.456 e. The molecule has 8 rings (SSSR count). The number of furan rings is 1. The first-order valence-electron chi connectivity index (χ1n) is 12.0. The molecule has 0 atom stereocenters. The first-order chi connectivity index (χ1) is 17.8. The fourth-order valence-electron chi connectivity index (χ4n) is 5.36. The molecule has 5 aromatic carbocycles. The van der Waals surface area contributed by atoms with Gasteiger partial charge in [0.05, 0.1) is 0 Å². The molecule has 0 unspecified atom stereocenters. The fourth-order valence-corrected chi connectivity index (χ4v) is 6.49. The molecule has 3 heterocycles. The third-order valence-electron chi connectivity index (χ3n) is 7.06. The van der Waals surface area contributed by atoms with Gasteiger partial charge in [0.1, 0.15) is 16.7 Å². The lowest BCUT2D eigenvalue weighted by molar-refractivity contribution is 0.620. The molecule has 1 aliphatic heterocycles. The highest BCUT2D eigenvalue weighted by molar-refractivity contribution is 8.00. The van der Waals surface area contributed by atoms with E-state index >= 15 is 0 Å². The molecule has 168 valence electrons. The topological polar surface area (TPSA) is 39.2 Å². The highest BCUT2D eigenvalue weighted by Crippen LogP contribution is 2.34. The van der Waals surface area contributed by atoms with Crippen LogP contribution in [0, 0.1) is 0 Å². The Morgan fingerprint density at radius 3 is 2.06 bits per heavy atom. The highest BCUT2D eigenvalue weighted by Gasteiger charge is 2.30. The van der Waals surface area contributed by atoms with Gasteiger partial charge in [0.25, 0.3) is 0 Å². The minimum atomic E-state index is 0.205. The van der Waals surface area contributed by atoms with Gasteiger partial charge < -0.3 is 8.83 Å². The molecule has 3 nitrogen and oxygen atoms in total. The second-order valence-corrected chi connectivity index (χ2v) is 10.2. The van der Waals surface area contributed by atoms with Crippen molar-refractivity contribution in [3.05, 3.63) is 109 Å². The van der Waals surface area contributed by atoms with Crippen LogP contribution in [0.15, 0.2) is 128 Å². The summed E-state index contributed by atoms with van der Waals surface area (Å²) in [5.74, 6) is 0.619. The molecule has 0 bridgehead atoms. The standard InChI is InChI=1S/C31H18BNO2S/c1-4-10-26-21(7-1)22-17-28-25(18-27(22)34-26)33-31(35-28)19-13-15-20(16-14-19)32-23-8-2-5-11-29(23)36-30-12-6-3-9-24(30)32/h1-18H. The van der Waals surface area contributed by atoms with E-state index < -0.39 is 0 Å². The quantitative estimate of drug-likeness (QED) is 0.270. The van der Waals surface area contributed by atoms with Crippen molar-refractivity contribution in [3.63, 3.8) is 0 Å². The van der Waals surface area contributed by atoms with E-state index in [1.807, 2.05) is 42.1 Å². The summed E-state index contributed by atoms with van der Waals surface area (Å²) in [4.78, 5) is 7.43. The van der Waals surface area contributed by atoms with Gasteiger partial charge in [-0.1, -0.05) is 107 Å². The van der Waals surface area contributed by atoms with Gasteiger partial charge in [-0.3, -0.25) is 0 Å². The number of para-hydroxylation sites is 1. The average molecular weight is 479 g/mol. The summed E-state index contributed by atoms with van der Waals surface area (Å²) in [5.41, 5.74) is 8.19. The summed E-state index contributed by atoms with van der Waals surface area (Å²) in [5, 5.41) is 2.13. The highest BCUT2D eigenvalue weighted by atomic mass is 32.2. The number of oxazole rings is 1. The Morgan fingerprint density at radius 1 is 0.583 bits per heavy atom. The summed E-state index contributed by atoms with van der Waals surface area (Å²) < 4.78 is 12.3. The van der Waals surface area contributed by atoms with Crippen LogP contribution in [0.5, 0.6) is 0 Å². The summed E-state index contributed by atoms with van der Waals surface area (Å²) in [6.45, 7) is 0.205. The fraction of sp³-hybridized carbons (Fsp3) is 0. The predicted octanol–water partition coefficient (Wildman–Crippen LogP) is 6.38. The third-order valence-corrected chi connectivity index (χ3v) is 8.24. The molecular formula is C31H18BNO2S. The van der Waals surface area contributed by atoms with Gasteiger partial charge in [0, 0.05) is 32.2 Å². The van der Waals surface area contributed by atoms with E-state index in [2.05, 4.69) is 78.9 Å². The Balaban J connectivity index is 1.21. The molecule has 0 radical (unpaired) electrons. The monoisotopic (exact) mass is 479 g/mol.